The maximum Gasteiger partial charge on any atom is 0.192 e. The molecule has 5 fully saturated rings. The zero-order valence-electron chi connectivity index (χ0n) is 28.0. The van der Waals surface area contributed by atoms with Crippen molar-refractivity contribution in [3.05, 3.63) is 36.0 Å². The summed E-state index contributed by atoms with van der Waals surface area (Å²) in [6, 6.07) is 0. The molecular weight excluding hydrogens is 577 g/mol. The Balaban J connectivity index is 1.45. The van der Waals surface area contributed by atoms with Gasteiger partial charge in [-0.05, 0) is 98.4 Å². The largest absolute Gasteiger partial charge is 0.416 e. The molecule has 240 valence electrons. The lowest BCUT2D eigenvalue weighted by molar-refractivity contribution is -0.0299. The van der Waals surface area contributed by atoms with Crippen LogP contribution in [0.15, 0.2) is 36.0 Å². The molecule has 0 aromatic rings. The Morgan fingerprint density at radius 2 is 1.90 bits per heavy atom. The van der Waals surface area contributed by atoms with E-state index in [-0.39, 0.29) is 26.4 Å². The first kappa shape index (κ1) is 34.8. The van der Waals surface area contributed by atoms with Gasteiger partial charge in [0.1, 0.15) is 6.79 Å². The van der Waals surface area contributed by atoms with Gasteiger partial charge in [0.25, 0.3) is 0 Å². The molecular formula is C35H60O4S2Si. The third kappa shape index (κ3) is 6.88. The van der Waals surface area contributed by atoms with Crippen LogP contribution in [-0.4, -0.2) is 61.7 Å². The number of methoxy groups -OCH3 is 1. The van der Waals surface area contributed by atoms with E-state index in [4.69, 9.17) is 20.5 Å². The third-order valence-electron chi connectivity index (χ3n) is 11.6. The number of fused-ring (bicyclic) bond motifs is 1. The normalized spacial score (nSPS) is 33.1. The molecule has 42 heavy (non-hydrogen) atoms. The summed E-state index contributed by atoms with van der Waals surface area (Å²) in [7, 11) is -0.265. The molecule has 0 aromatic carbocycles. The molecule has 0 aromatic heterocycles. The molecule has 0 unspecified atom stereocenters. The molecule has 0 radical (unpaired) electrons. The van der Waals surface area contributed by atoms with Gasteiger partial charge in [-0.3, -0.25) is 0 Å². The van der Waals surface area contributed by atoms with Crippen LogP contribution in [0.2, 0.25) is 18.1 Å². The van der Waals surface area contributed by atoms with Crippen LogP contribution in [0.1, 0.15) is 86.0 Å². The minimum atomic E-state index is -1.93. The summed E-state index contributed by atoms with van der Waals surface area (Å²) in [5, 5.41) is 12.6. The van der Waals surface area contributed by atoms with E-state index in [1.54, 1.807) is 7.11 Å². The number of hydrogen-bond donors (Lipinski definition) is 1. The Bertz CT molecular complexity index is 1010. The predicted molar refractivity (Wildman–Crippen MR) is 185 cm³/mol. The molecule has 0 spiro atoms. The van der Waals surface area contributed by atoms with E-state index in [0.29, 0.717) is 31.8 Å². The number of allylic oxidation sites excluding steroid dienone is 1. The highest BCUT2D eigenvalue weighted by Crippen LogP contribution is 2.81. The standard InChI is InChI=1S/C35H60O4S2Si/c1-25(22-38-24-37-8)14-11-17-34(40-20-13-21-41-34)18-12-15-28(23-39-42(9,10)32(4,5)6)27(3)35(36)29-16-19-33(7)30(26(29)2)31(33)35/h14,28-31,36H,2-3,11-13,15-24H2,1,4-10H3/b25-14+/t28-,29-,30+,31+,33+,35+/m1/s1. The van der Waals surface area contributed by atoms with Gasteiger partial charge in [0.15, 0.2) is 8.32 Å². The monoisotopic (exact) mass is 636 g/mol. The lowest BCUT2D eigenvalue weighted by atomic mass is 9.63. The molecule has 1 aliphatic heterocycles. The average molecular weight is 637 g/mol. The number of ether oxygens (including phenoxy) is 2. The molecule has 0 amide bonds. The van der Waals surface area contributed by atoms with Crippen LogP contribution in [0.4, 0.5) is 0 Å². The second-order valence-corrected chi connectivity index (χ2v) is 23.5. The van der Waals surface area contributed by atoms with Crippen molar-refractivity contribution in [2.24, 2.45) is 29.1 Å². The van der Waals surface area contributed by atoms with Crippen LogP contribution < -0.4 is 0 Å². The SMILES string of the molecule is C=C1[C@H]2CC[C@@]3(C)[C@@H]1[C@@H]3[C@]2(O)C(=C)[C@H](CCCC1(CC/C=C(\C)COCOC)SCCCS1)CO[Si](C)(C)C(C)(C)C. The first-order valence-corrected chi connectivity index (χ1v) is 21.3. The van der Waals surface area contributed by atoms with Gasteiger partial charge in [-0.25, -0.2) is 0 Å². The number of aliphatic hydroxyl groups is 1. The number of rotatable bonds is 16. The molecule has 7 heteroatoms. The highest BCUT2D eigenvalue weighted by molar-refractivity contribution is 8.18. The van der Waals surface area contributed by atoms with E-state index in [1.165, 1.54) is 48.3 Å². The van der Waals surface area contributed by atoms with Gasteiger partial charge >= 0.3 is 0 Å². The number of hydrogen-bond acceptors (Lipinski definition) is 6. The minimum Gasteiger partial charge on any atom is -0.416 e. The van der Waals surface area contributed by atoms with E-state index in [2.05, 4.69) is 83.9 Å². The Hall–Kier alpha value is -0.0231. The van der Waals surface area contributed by atoms with E-state index < -0.39 is 13.9 Å². The van der Waals surface area contributed by atoms with Crippen molar-refractivity contribution < 1.29 is 19.0 Å². The Morgan fingerprint density at radius 3 is 2.50 bits per heavy atom. The first-order chi connectivity index (χ1) is 19.6. The summed E-state index contributed by atoms with van der Waals surface area (Å²) < 4.78 is 17.7. The summed E-state index contributed by atoms with van der Waals surface area (Å²) in [6.45, 7) is 27.1. The van der Waals surface area contributed by atoms with E-state index in [9.17, 15) is 5.11 Å². The van der Waals surface area contributed by atoms with E-state index in [0.717, 1.165) is 31.3 Å². The van der Waals surface area contributed by atoms with Gasteiger partial charge in [-0.2, -0.15) is 0 Å². The molecule has 1 N–H and O–H groups in total. The summed E-state index contributed by atoms with van der Waals surface area (Å²) in [5.41, 5.74) is 3.03. The second kappa shape index (κ2) is 13.4. The van der Waals surface area contributed by atoms with Crippen LogP contribution in [0.5, 0.6) is 0 Å². The first-order valence-electron chi connectivity index (χ1n) is 16.4. The van der Waals surface area contributed by atoms with Crippen molar-refractivity contribution in [1.82, 2.24) is 0 Å². The van der Waals surface area contributed by atoms with Crippen LogP contribution in [-0.2, 0) is 13.9 Å². The van der Waals surface area contributed by atoms with Gasteiger partial charge in [0.2, 0.25) is 0 Å². The van der Waals surface area contributed by atoms with E-state index >= 15 is 0 Å². The number of thioether (sulfide) groups is 2. The molecule has 4 saturated carbocycles. The summed E-state index contributed by atoms with van der Waals surface area (Å²) in [5.74, 6) is 3.64. The lowest BCUT2D eigenvalue weighted by Crippen LogP contribution is -2.49. The van der Waals surface area contributed by atoms with Gasteiger partial charge in [-0.15, -0.1) is 23.5 Å². The molecule has 4 bridgehead atoms. The summed E-state index contributed by atoms with van der Waals surface area (Å²) in [4.78, 5) is 0. The Kier molecular flexibility index (Phi) is 11.1. The highest BCUT2D eigenvalue weighted by Gasteiger charge is 2.80. The fourth-order valence-corrected chi connectivity index (χ4v) is 12.5. The van der Waals surface area contributed by atoms with Gasteiger partial charge in [-0.1, -0.05) is 64.5 Å². The molecule has 5 aliphatic rings. The van der Waals surface area contributed by atoms with Crippen LogP contribution in [0, 0.1) is 29.1 Å². The lowest BCUT2D eigenvalue weighted by Gasteiger charge is -2.46. The zero-order valence-corrected chi connectivity index (χ0v) is 30.6. The topological polar surface area (TPSA) is 47.9 Å². The fourth-order valence-electron chi connectivity index (χ4n) is 8.01. The zero-order chi connectivity index (χ0) is 31.0. The smallest absolute Gasteiger partial charge is 0.192 e. The third-order valence-corrected chi connectivity index (χ3v) is 19.7. The predicted octanol–water partition coefficient (Wildman–Crippen LogP) is 9.23. The van der Waals surface area contributed by atoms with Crippen LogP contribution in [0.25, 0.3) is 0 Å². The van der Waals surface area contributed by atoms with Crippen molar-refractivity contribution >= 4 is 31.8 Å². The fraction of sp³-hybridized carbons (Fsp3) is 0.829. The summed E-state index contributed by atoms with van der Waals surface area (Å²) in [6.07, 6.45) is 11.6. The maximum absolute atomic E-state index is 12.5. The van der Waals surface area contributed by atoms with Gasteiger partial charge in [0, 0.05) is 31.5 Å². The van der Waals surface area contributed by atoms with E-state index in [1.807, 2.05) is 0 Å². The van der Waals surface area contributed by atoms with Crippen molar-refractivity contribution in [3.8, 4) is 0 Å². The summed E-state index contributed by atoms with van der Waals surface area (Å²) >= 11 is 4.36. The highest BCUT2D eigenvalue weighted by atomic mass is 32.2. The second-order valence-electron chi connectivity index (χ2n) is 15.4. The maximum atomic E-state index is 12.5. The minimum absolute atomic E-state index is 0.158. The molecule has 4 nitrogen and oxygen atoms in total. The van der Waals surface area contributed by atoms with Crippen molar-refractivity contribution in [3.63, 3.8) is 0 Å². The van der Waals surface area contributed by atoms with Crippen LogP contribution >= 0.6 is 23.5 Å². The van der Waals surface area contributed by atoms with Crippen LogP contribution in [0.3, 0.4) is 0 Å². The Labute approximate surface area is 267 Å². The average Bonchev–Trinajstić information content (AvgIpc) is 3.52. The van der Waals surface area contributed by atoms with Gasteiger partial charge < -0.3 is 19.0 Å². The molecule has 5 rings (SSSR count). The van der Waals surface area contributed by atoms with Gasteiger partial charge in [0.05, 0.1) is 16.3 Å². The molecule has 4 aliphatic carbocycles. The molecule has 1 heterocycles. The van der Waals surface area contributed by atoms with Crippen molar-refractivity contribution in [2.45, 2.75) is 114 Å². The van der Waals surface area contributed by atoms with Crippen molar-refractivity contribution in [2.75, 3.05) is 38.6 Å². The van der Waals surface area contributed by atoms with Crippen molar-refractivity contribution in [1.29, 1.82) is 0 Å². The molecule has 6 atom stereocenters. The quantitative estimate of drug-likeness (QED) is 0.0789. The Morgan fingerprint density at radius 1 is 1.21 bits per heavy atom. The molecule has 1 saturated heterocycles.